The van der Waals surface area contributed by atoms with Crippen LogP contribution in [0.2, 0.25) is 0 Å². The smallest absolute Gasteiger partial charge is 0.306 e. The van der Waals surface area contributed by atoms with Gasteiger partial charge in [-0.15, -0.1) is 0 Å². The van der Waals surface area contributed by atoms with Crippen molar-refractivity contribution in [1.29, 1.82) is 0 Å². The molecule has 6 nitrogen and oxygen atoms in total. The maximum atomic E-state index is 12.3. The van der Waals surface area contributed by atoms with Crippen LogP contribution in [-0.2, 0) is 11.4 Å². The first kappa shape index (κ1) is 18.1. The average Bonchev–Trinajstić information content (AvgIpc) is 3.36. The van der Waals surface area contributed by atoms with Crippen LogP contribution in [0.25, 0.3) is 10.8 Å². The molecule has 3 aromatic rings. The van der Waals surface area contributed by atoms with Crippen molar-refractivity contribution in [1.82, 2.24) is 5.32 Å². The number of carboxylic acids is 1. The monoisotopic (exact) mass is 379 g/mol. The zero-order valence-electron chi connectivity index (χ0n) is 15.3. The summed E-state index contributed by atoms with van der Waals surface area (Å²) in [5, 5.41) is 14.1. The van der Waals surface area contributed by atoms with Gasteiger partial charge in [-0.3, -0.25) is 9.59 Å². The third kappa shape index (κ3) is 4.01. The molecule has 6 heteroatoms. The fraction of sp³-hybridized carbons (Fsp3) is 0.273. The maximum Gasteiger partial charge on any atom is 0.306 e. The van der Waals surface area contributed by atoms with E-state index in [1.165, 1.54) is 0 Å². The van der Waals surface area contributed by atoms with Crippen LogP contribution in [0.4, 0.5) is 0 Å². The van der Waals surface area contributed by atoms with E-state index in [4.69, 9.17) is 14.3 Å². The van der Waals surface area contributed by atoms with Crippen molar-refractivity contribution < 1.29 is 23.8 Å². The molecular formula is C22H21NO5. The standard InChI is InChI=1S/C22H21NO5/c24-21(23-17-7-5-16(11-17)22(25)26)20-10-9-19(28-20)13-27-18-8-6-14-3-1-2-4-15(14)12-18/h1-4,6,8-10,12,16-17H,5,7,11,13H2,(H,23,24)(H,25,26)/t16-,17+/m0/s1. The van der Waals surface area contributed by atoms with Crippen LogP contribution < -0.4 is 10.1 Å². The highest BCUT2D eigenvalue weighted by Crippen LogP contribution is 2.26. The van der Waals surface area contributed by atoms with E-state index in [0.29, 0.717) is 25.0 Å². The summed E-state index contributed by atoms with van der Waals surface area (Å²) in [5.41, 5.74) is 0. The first-order chi connectivity index (χ1) is 13.6. The van der Waals surface area contributed by atoms with Gasteiger partial charge in [0.2, 0.25) is 0 Å². The molecule has 0 spiro atoms. The van der Waals surface area contributed by atoms with Crippen molar-refractivity contribution in [2.24, 2.45) is 5.92 Å². The Morgan fingerprint density at radius 3 is 2.68 bits per heavy atom. The highest BCUT2D eigenvalue weighted by Gasteiger charge is 2.31. The largest absolute Gasteiger partial charge is 0.486 e. The number of aliphatic carboxylic acids is 1. The summed E-state index contributed by atoms with van der Waals surface area (Å²) in [6, 6.07) is 17.1. The molecule has 0 unspecified atom stereocenters. The zero-order valence-corrected chi connectivity index (χ0v) is 15.3. The van der Waals surface area contributed by atoms with Gasteiger partial charge in [0, 0.05) is 6.04 Å². The molecule has 0 bridgehead atoms. The second-order valence-corrected chi connectivity index (χ2v) is 7.08. The molecule has 1 saturated carbocycles. The fourth-order valence-electron chi connectivity index (χ4n) is 3.58. The Morgan fingerprint density at radius 1 is 1.07 bits per heavy atom. The normalized spacial score (nSPS) is 18.9. The molecule has 0 aliphatic heterocycles. The number of carbonyl (C=O) groups is 2. The van der Waals surface area contributed by atoms with Crippen LogP contribution in [0.1, 0.15) is 35.6 Å². The highest BCUT2D eigenvalue weighted by molar-refractivity contribution is 5.91. The van der Waals surface area contributed by atoms with Gasteiger partial charge in [-0.25, -0.2) is 0 Å². The zero-order chi connectivity index (χ0) is 19.5. The number of fused-ring (bicyclic) bond motifs is 1. The predicted octanol–water partition coefficient (Wildman–Crippen LogP) is 3.99. The SMILES string of the molecule is O=C(N[C@@H]1CC[C@H](C(=O)O)C1)c1ccc(COc2ccc3ccccc3c2)o1. The van der Waals surface area contributed by atoms with Crippen molar-refractivity contribution in [2.75, 3.05) is 0 Å². The first-order valence-electron chi connectivity index (χ1n) is 9.32. The van der Waals surface area contributed by atoms with Gasteiger partial charge >= 0.3 is 5.97 Å². The third-order valence-electron chi connectivity index (χ3n) is 5.10. The molecule has 2 aromatic carbocycles. The molecule has 1 aliphatic carbocycles. The Morgan fingerprint density at radius 2 is 1.89 bits per heavy atom. The van der Waals surface area contributed by atoms with Crippen LogP contribution in [0.5, 0.6) is 5.75 Å². The minimum Gasteiger partial charge on any atom is -0.486 e. The maximum absolute atomic E-state index is 12.3. The van der Waals surface area contributed by atoms with Crippen LogP contribution in [0.3, 0.4) is 0 Å². The summed E-state index contributed by atoms with van der Waals surface area (Å²) in [7, 11) is 0. The van der Waals surface area contributed by atoms with Gasteiger partial charge in [0.15, 0.2) is 5.76 Å². The van der Waals surface area contributed by atoms with Gasteiger partial charge in [-0.1, -0.05) is 30.3 Å². The minimum absolute atomic E-state index is 0.129. The predicted molar refractivity (Wildman–Crippen MR) is 103 cm³/mol. The number of hydrogen-bond acceptors (Lipinski definition) is 4. The highest BCUT2D eigenvalue weighted by atomic mass is 16.5. The summed E-state index contributed by atoms with van der Waals surface area (Å²) in [5.74, 6) is -0.0283. The van der Waals surface area contributed by atoms with Crippen LogP contribution in [0, 0.1) is 5.92 Å². The van der Waals surface area contributed by atoms with Crippen molar-refractivity contribution in [3.63, 3.8) is 0 Å². The van der Waals surface area contributed by atoms with Crippen molar-refractivity contribution in [2.45, 2.75) is 31.9 Å². The summed E-state index contributed by atoms with van der Waals surface area (Å²) in [6.07, 6.45) is 1.71. The van der Waals surface area contributed by atoms with Gasteiger partial charge in [0.05, 0.1) is 5.92 Å². The molecule has 28 heavy (non-hydrogen) atoms. The van der Waals surface area contributed by atoms with Crippen molar-refractivity contribution in [3.8, 4) is 5.75 Å². The number of carbonyl (C=O) groups excluding carboxylic acids is 1. The Labute approximate surface area is 162 Å². The fourth-order valence-corrected chi connectivity index (χ4v) is 3.58. The molecular weight excluding hydrogens is 358 g/mol. The van der Waals surface area contributed by atoms with E-state index in [-0.39, 0.29) is 30.2 Å². The van der Waals surface area contributed by atoms with E-state index in [2.05, 4.69) is 5.32 Å². The Balaban J connectivity index is 1.33. The molecule has 0 radical (unpaired) electrons. The van der Waals surface area contributed by atoms with E-state index in [1.807, 2.05) is 42.5 Å². The molecule has 4 rings (SSSR count). The van der Waals surface area contributed by atoms with E-state index < -0.39 is 5.97 Å². The van der Waals surface area contributed by atoms with E-state index in [0.717, 1.165) is 16.5 Å². The van der Waals surface area contributed by atoms with E-state index in [9.17, 15) is 9.59 Å². The van der Waals surface area contributed by atoms with Crippen LogP contribution in [-0.4, -0.2) is 23.0 Å². The topological polar surface area (TPSA) is 88.8 Å². The average molecular weight is 379 g/mol. The second kappa shape index (κ2) is 7.76. The molecule has 1 amide bonds. The lowest BCUT2D eigenvalue weighted by molar-refractivity contribution is -0.141. The Kier molecular flexibility index (Phi) is 5.02. The Bertz CT molecular complexity index is 1010. The molecule has 0 saturated heterocycles. The molecule has 2 atom stereocenters. The van der Waals surface area contributed by atoms with Gasteiger partial charge < -0.3 is 19.6 Å². The molecule has 1 aliphatic rings. The summed E-state index contributed by atoms with van der Waals surface area (Å²) in [4.78, 5) is 23.3. The van der Waals surface area contributed by atoms with Gasteiger partial charge in [0.1, 0.15) is 18.1 Å². The van der Waals surface area contributed by atoms with Crippen molar-refractivity contribution >= 4 is 22.6 Å². The number of carboxylic acid groups (broad SMARTS) is 1. The molecule has 2 N–H and O–H groups in total. The lowest BCUT2D eigenvalue weighted by Gasteiger charge is -2.11. The number of benzene rings is 2. The lowest BCUT2D eigenvalue weighted by Crippen LogP contribution is -2.33. The van der Waals surface area contributed by atoms with Crippen LogP contribution in [0.15, 0.2) is 59.0 Å². The minimum atomic E-state index is -0.803. The number of amides is 1. The van der Waals surface area contributed by atoms with Gasteiger partial charge in [0.25, 0.3) is 5.91 Å². The molecule has 1 heterocycles. The van der Waals surface area contributed by atoms with E-state index >= 15 is 0 Å². The second-order valence-electron chi connectivity index (χ2n) is 7.08. The summed E-state index contributed by atoms with van der Waals surface area (Å²) in [6.45, 7) is 0.218. The lowest BCUT2D eigenvalue weighted by atomic mass is 10.1. The molecule has 144 valence electrons. The molecule has 1 aromatic heterocycles. The number of hydrogen-bond donors (Lipinski definition) is 2. The van der Waals surface area contributed by atoms with Crippen molar-refractivity contribution in [3.05, 3.63) is 66.1 Å². The van der Waals surface area contributed by atoms with Gasteiger partial charge in [-0.05, 0) is 54.3 Å². The summed E-state index contributed by atoms with van der Waals surface area (Å²) >= 11 is 0. The van der Waals surface area contributed by atoms with Crippen LogP contribution >= 0.6 is 0 Å². The first-order valence-corrected chi connectivity index (χ1v) is 9.32. The number of ether oxygens (including phenoxy) is 1. The quantitative estimate of drug-likeness (QED) is 0.676. The third-order valence-corrected chi connectivity index (χ3v) is 5.10. The Hall–Kier alpha value is -3.28. The number of nitrogens with one attached hydrogen (secondary N) is 1. The van der Waals surface area contributed by atoms with Gasteiger partial charge in [-0.2, -0.15) is 0 Å². The van der Waals surface area contributed by atoms with E-state index in [1.54, 1.807) is 12.1 Å². The summed E-state index contributed by atoms with van der Waals surface area (Å²) < 4.78 is 11.4. The molecule has 1 fully saturated rings. The number of rotatable bonds is 6. The number of furan rings is 1.